The van der Waals surface area contributed by atoms with Crippen LogP contribution in [0, 0.1) is 0 Å². The molecule has 5 heteroatoms. The number of nitrogens with zero attached hydrogens (tertiary/aromatic N) is 2. The number of para-hydroxylation sites is 1. The van der Waals surface area contributed by atoms with E-state index in [4.69, 9.17) is 0 Å². The number of halogens is 3. The van der Waals surface area contributed by atoms with Gasteiger partial charge in [-0.15, -0.1) is 0 Å². The minimum Gasteiger partial charge on any atom is -0.295 e. The molecule has 1 aromatic heterocycles. The van der Waals surface area contributed by atoms with Gasteiger partial charge in [0.2, 0.25) is 0 Å². The molecule has 7 aromatic rings. The van der Waals surface area contributed by atoms with Gasteiger partial charge in [0.05, 0.1) is 0 Å². The maximum atomic E-state index is 13.6. The van der Waals surface area contributed by atoms with Gasteiger partial charge in [0.15, 0.2) is 0 Å². The normalized spacial score (nSPS) is 11.6. The number of hydrogen-bond acceptors (Lipinski definition) is 2. The van der Waals surface area contributed by atoms with E-state index in [0.29, 0.717) is 11.4 Å². The number of anilines is 3. The first-order chi connectivity index (χ1) is 21.0. The van der Waals surface area contributed by atoms with Gasteiger partial charge in [-0.25, -0.2) is 4.98 Å². The molecule has 1 heterocycles. The van der Waals surface area contributed by atoms with E-state index in [1.807, 2.05) is 60.7 Å². The first-order valence-electron chi connectivity index (χ1n) is 14.0. The van der Waals surface area contributed by atoms with Crippen LogP contribution >= 0.6 is 0 Å². The number of hydrogen-bond donors (Lipinski definition) is 0. The topological polar surface area (TPSA) is 16.1 Å². The van der Waals surface area contributed by atoms with Crippen LogP contribution in [0.25, 0.3) is 43.8 Å². The number of benzene rings is 6. The van der Waals surface area contributed by atoms with Crippen molar-refractivity contribution in [2.75, 3.05) is 4.90 Å². The van der Waals surface area contributed by atoms with Crippen LogP contribution in [0.1, 0.15) is 5.69 Å². The highest BCUT2D eigenvalue weighted by atomic mass is 19.4. The van der Waals surface area contributed by atoms with Gasteiger partial charge in [0, 0.05) is 11.4 Å². The van der Waals surface area contributed by atoms with Crippen LogP contribution in [-0.4, -0.2) is 4.98 Å². The fraction of sp³-hybridized carbons (Fsp3) is 0.0263. The minimum atomic E-state index is -4.55. The summed E-state index contributed by atoms with van der Waals surface area (Å²) >= 11 is 0. The van der Waals surface area contributed by atoms with Gasteiger partial charge in [-0.3, -0.25) is 4.90 Å². The van der Waals surface area contributed by atoms with E-state index < -0.39 is 11.9 Å². The van der Waals surface area contributed by atoms with E-state index in [1.54, 1.807) is 11.0 Å². The summed E-state index contributed by atoms with van der Waals surface area (Å²) in [5.74, 6) is 0.192. The Morgan fingerprint density at radius 1 is 0.419 bits per heavy atom. The highest BCUT2D eigenvalue weighted by Gasteiger charge is 2.33. The summed E-state index contributed by atoms with van der Waals surface area (Å²) in [6, 6.07) is 48.6. The summed E-state index contributed by atoms with van der Waals surface area (Å²) in [5, 5.41) is 4.58. The minimum absolute atomic E-state index is 0.192. The molecule has 0 radical (unpaired) electrons. The van der Waals surface area contributed by atoms with Gasteiger partial charge < -0.3 is 0 Å². The van der Waals surface area contributed by atoms with Crippen LogP contribution in [-0.2, 0) is 6.18 Å². The standard InChI is InChI=1S/C38H25F3N2/c39-38(40,41)34-20-11-21-35(42-34)43(28-14-5-2-6-15-28)29-24-22-27(23-25-29)37-32-18-9-7-16-30(32)36(26-12-3-1-4-13-26)31-17-8-10-19-33(31)37/h1-25H. The highest BCUT2D eigenvalue weighted by Crippen LogP contribution is 2.44. The van der Waals surface area contributed by atoms with Gasteiger partial charge in [-0.05, 0) is 80.2 Å². The number of alkyl halides is 3. The fourth-order valence-corrected chi connectivity index (χ4v) is 5.83. The zero-order chi connectivity index (χ0) is 29.4. The van der Waals surface area contributed by atoms with E-state index >= 15 is 0 Å². The molecule has 7 rings (SSSR count). The molecule has 0 unspecified atom stereocenters. The lowest BCUT2D eigenvalue weighted by atomic mass is 9.86. The Bertz CT molecular complexity index is 2000. The number of aromatic nitrogens is 1. The molecule has 6 aromatic carbocycles. The second-order valence-corrected chi connectivity index (χ2v) is 10.3. The molecule has 0 amide bonds. The molecule has 0 atom stereocenters. The summed E-state index contributed by atoms with van der Waals surface area (Å²) in [4.78, 5) is 5.74. The van der Waals surface area contributed by atoms with E-state index in [1.165, 1.54) is 11.6 Å². The largest absolute Gasteiger partial charge is 0.433 e. The van der Waals surface area contributed by atoms with Crippen LogP contribution in [0.4, 0.5) is 30.4 Å². The number of rotatable bonds is 5. The van der Waals surface area contributed by atoms with Crippen molar-refractivity contribution in [1.29, 1.82) is 0 Å². The Kier molecular flexibility index (Phi) is 6.63. The molecule has 0 saturated heterocycles. The smallest absolute Gasteiger partial charge is 0.295 e. The fourth-order valence-electron chi connectivity index (χ4n) is 5.83. The van der Waals surface area contributed by atoms with Crippen molar-refractivity contribution in [1.82, 2.24) is 4.98 Å². The summed E-state index contributed by atoms with van der Waals surface area (Å²) in [5.41, 5.74) is 4.96. The Morgan fingerprint density at radius 2 is 0.860 bits per heavy atom. The Balaban J connectivity index is 1.41. The Hall–Kier alpha value is -5.42. The van der Waals surface area contributed by atoms with Crippen molar-refractivity contribution in [3.05, 3.63) is 157 Å². The second kappa shape index (κ2) is 10.8. The van der Waals surface area contributed by atoms with E-state index in [9.17, 15) is 13.2 Å². The SMILES string of the molecule is FC(F)(F)c1cccc(N(c2ccccc2)c2ccc(-c3c4ccccc4c(-c4ccccc4)c4ccccc34)cc2)n1. The molecule has 208 valence electrons. The van der Waals surface area contributed by atoms with Crippen molar-refractivity contribution in [3.63, 3.8) is 0 Å². The number of fused-ring (bicyclic) bond motifs is 2. The summed E-state index contributed by atoms with van der Waals surface area (Å²) in [6.45, 7) is 0. The Morgan fingerprint density at radius 3 is 1.37 bits per heavy atom. The lowest BCUT2D eigenvalue weighted by molar-refractivity contribution is -0.141. The van der Waals surface area contributed by atoms with Crippen molar-refractivity contribution >= 4 is 38.7 Å². The van der Waals surface area contributed by atoms with Crippen molar-refractivity contribution in [3.8, 4) is 22.3 Å². The molecule has 43 heavy (non-hydrogen) atoms. The maximum Gasteiger partial charge on any atom is 0.433 e. The third-order valence-electron chi connectivity index (χ3n) is 7.68. The monoisotopic (exact) mass is 566 g/mol. The van der Waals surface area contributed by atoms with E-state index in [-0.39, 0.29) is 5.82 Å². The van der Waals surface area contributed by atoms with Gasteiger partial charge in [-0.1, -0.05) is 115 Å². The van der Waals surface area contributed by atoms with Crippen LogP contribution in [0.3, 0.4) is 0 Å². The second-order valence-electron chi connectivity index (χ2n) is 10.3. The molecule has 0 bridgehead atoms. The predicted octanol–water partition coefficient (Wildman–Crippen LogP) is 11.2. The van der Waals surface area contributed by atoms with Crippen LogP contribution < -0.4 is 4.90 Å². The third-order valence-corrected chi connectivity index (χ3v) is 7.68. The van der Waals surface area contributed by atoms with Gasteiger partial charge in [0.25, 0.3) is 0 Å². The number of pyridine rings is 1. The molecule has 0 N–H and O–H groups in total. The van der Waals surface area contributed by atoms with Crippen molar-refractivity contribution in [2.24, 2.45) is 0 Å². The van der Waals surface area contributed by atoms with Crippen LogP contribution in [0.15, 0.2) is 152 Å². The average Bonchev–Trinajstić information content (AvgIpc) is 3.05. The van der Waals surface area contributed by atoms with Crippen LogP contribution in [0.5, 0.6) is 0 Å². The first-order valence-corrected chi connectivity index (χ1v) is 14.0. The molecule has 2 nitrogen and oxygen atoms in total. The summed E-state index contributed by atoms with van der Waals surface area (Å²) < 4.78 is 40.8. The van der Waals surface area contributed by atoms with Gasteiger partial charge >= 0.3 is 6.18 Å². The highest BCUT2D eigenvalue weighted by molar-refractivity contribution is 6.21. The lowest BCUT2D eigenvalue weighted by Crippen LogP contribution is -2.15. The summed E-state index contributed by atoms with van der Waals surface area (Å²) in [6.07, 6.45) is -4.55. The lowest BCUT2D eigenvalue weighted by Gasteiger charge is -2.25. The zero-order valence-electron chi connectivity index (χ0n) is 23.0. The molecular formula is C38H25F3N2. The molecular weight excluding hydrogens is 541 g/mol. The molecule has 0 spiro atoms. The maximum absolute atomic E-state index is 13.6. The van der Waals surface area contributed by atoms with E-state index in [2.05, 4.69) is 77.8 Å². The molecule has 0 aliphatic rings. The van der Waals surface area contributed by atoms with Crippen LogP contribution in [0.2, 0.25) is 0 Å². The average molecular weight is 567 g/mol. The predicted molar refractivity (Wildman–Crippen MR) is 170 cm³/mol. The van der Waals surface area contributed by atoms with Crippen molar-refractivity contribution in [2.45, 2.75) is 6.18 Å². The Labute approximate surface area is 247 Å². The quantitative estimate of drug-likeness (QED) is 0.193. The summed E-state index contributed by atoms with van der Waals surface area (Å²) in [7, 11) is 0. The van der Waals surface area contributed by atoms with Crippen molar-refractivity contribution < 1.29 is 13.2 Å². The van der Waals surface area contributed by atoms with E-state index in [0.717, 1.165) is 44.3 Å². The molecule has 0 saturated carbocycles. The third kappa shape index (κ3) is 4.89. The zero-order valence-corrected chi connectivity index (χ0v) is 23.0. The molecule has 0 fully saturated rings. The first kappa shape index (κ1) is 26.5. The molecule has 0 aliphatic heterocycles. The van der Waals surface area contributed by atoms with Gasteiger partial charge in [-0.2, -0.15) is 13.2 Å². The van der Waals surface area contributed by atoms with Gasteiger partial charge in [0.1, 0.15) is 11.5 Å². The molecule has 0 aliphatic carbocycles.